The minimum Gasteiger partial charge on any atom is -0.480 e. The van der Waals surface area contributed by atoms with Crippen LogP contribution in [0, 0.1) is 6.92 Å². The Morgan fingerprint density at radius 2 is 2.35 bits per heavy atom. The Morgan fingerprint density at radius 1 is 1.52 bits per heavy atom. The fourth-order valence-electron chi connectivity index (χ4n) is 2.45. The number of aryl methyl sites for hydroxylation is 1. The van der Waals surface area contributed by atoms with E-state index < -0.39 is 12.0 Å². The SMILES string of the molecule is Cc1oc(-c2cccs2)nc1CC(=O)N1CCOCC1C(=O)O. The van der Waals surface area contributed by atoms with Crippen LogP contribution < -0.4 is 0 Å². The van der Waals surface area contributed by atoms with Crippen LogP contribution in [0.25, 0.3) is 10.8 Å². The molecule has 7 nitrogen and oxygen atoms in total. The number of rotatable bonds is 4. The van der Waals surface area contributed by atoms with Gasteiger partial charge in [-0.1, -0.05) is 6.07 Å². The van der Waals surface area contributed by atoms with Gasteiger partial charge in [0.15, 0.2) is 6.04 Å². The number of thiophene rings is 1. The number of hydrogen-bond acceptors (Lipinski definition) is 6. The zero-order chi connectivity index (χ0) is 16.4. The molecule has 1 amide bonds. The molecule has 3 heterocycles. The van der Waals surface area contributed by atoms with Crippen LogP contribution in [0.5, 0.6) is 0 Å². The van der Waals surface area contributed by atoms with E-state index in [4.69, 9.17) is 9.15 Å². The first-order valence-electron chi connectivity index (χ1n) is 7.16. The van der Waals surface area contributed by atoms with E-state index in [1.807, 2.05) is 17.5 Å². The molecule has 1 N–H and O–H groups in total. The van der Waals surface area contributed by atoms with Crippen molar-refractivity contribution in [3.63, 3.8) is 0 Å². The Hall–Kier alpha value is -2.19. The number of nitrogens with zero attached hydrogens (tertiary/aromatic N) is 2. The highest BCUT2D eigenvalue weighted by Gasteiger charge is 2.33. The molecule has 2 aromatic heterocycles. The molecular weight excluding hydrogens is 320 g/mol. The Kier molecular flexibility index (Phi) is 4.44. The number of carbonyl (C=O) groups is 2. The first-order chi connectivity index (χ1) is 11.1. The summed E-state index contributed by atoms with van der Waals surface area (Å²) < 4.78 is 10.8. The van der Waals surface area contributed by atoms with Gasteiger partial charge in [0, 0.05) is 6.54 Å². The lowest BCUT2D eigenvalue weighted by molar-refractivity contribution is -0.158. The smallest absolute Gasteiger partial charge is 0.328 e. The van der Waals surface area contributed by atoms with Crippen LogP contribution in [-0.4, -0.2) is 52.7 Å². The van der Waals surface area contributed by atoms with E-state index in [-0.39, 0.29) is 25.5 Å². The molecule has 1 saturated heterocycles. The second kappa shape index (κ2) is 6.51. The molecule has 1 aliphatic rings. The Bertz CT molecular complexity index is 710. The maximum atomic E-state index is 12.5. The normalized spacial score (nSPS) is 18.1. The van der Waals surface area contributed by atoms with Crippen LogP contribution in [0.2, 0.25) is 0 Å². The zero-order valence-electron chi connectivity index (χ0n) is 12.5. The molecule has 8 heteroatoms. The van der Waals surface area contributed by atoms with Crippen LogP contribution in [0.1, 0.15) is 11.5 Å². The number of morpholine rings is 1. The minimum absolute atomic E-state index is 0.0132. The summed E-state index contributed by atoms with van der Waals surface area (Å²) >= 11 is 1.50. The summed E-state index contributed by atoms with van der Waals surface area (Å²) in [6.45, 7) is 2.37. The van der Waals surface area contributed by atoms with Gasteiger partial charge in [-0.25, -0.2) is 9.78 Å². The predicted octanol–water partition coefficient (Wildman–Crippen LogP) is 1.57. The van der Waals surface area contributed by atoms with Crippen molar-refractivity contribution in [2.24, 2.45) is 0 Å². The summed E-state index contributed by atoms with van der Waals surface area (Å²) in [4.78, 5) is 30.3. The van der Waals surface area contributed by atoms with Crippen LogP contribution in [-0.2, 0) is 20.7 Å². The van der Waals surface area contributed by atoms with Crippen molar-refractivity contribution in [1.82, 2.24) is 9.88 Å². The lowest BCUT2D eigenvalue weighted by Gasteiger charge is -2.32. The second-order valence-electron chi connectivity index (χ2n) is 5.19. The van der Waals surface area contributed by atoms with E-state index in [0.29, 0.717) is 24.0 Å². The number of aliphatic carboxylic acids is 1. The summed E-state index contributed by atoms with van der Waals surface area (Å²) in [5.74, 6) is -0.289. The van der Waals surface area contributed by atoms with Gasteiger partial charge in [0.1, 0.15) is 5.76 Å². The van der Waals surface area contributed by atoms with Gasteiger partial charge >= 0.3 is 5.97 Å². The number of ether oxygens (including phenoxy) is 1. The molecule has 0 bridgehead atoms. The average molecular weight is 336 g/mol. The molecule has 2 aromatic rings. The van der Waals surface area contributed by atoms with Gasteiger partial charge in [0.25, 0.3) is 0 Å². The van der Waals surface area contributed by atoms with E-state index in [0.717, 1.165) is 4.88 Å². The largest absolute Gasteiger partial charge is 0.480 e. The summed E-state index contributed by atoms with van der Waals surface area (Å²) in [5.41, 5.74) is 0.536. The Morgan fingerprint density at radius 3 is 3.04 bits per heavy atom. The predicted molar refractivity (Wildman–Crippen MR) is 82.2 cm³/mol. The molecule has 0 aromatic carbocycles. The van der Waals surface area contributed by atoms with Gasteiger partial charge in [0.05, 0.1) is 30.2 Å². The molecular formula is C15H16N2O5S. The molecule has 0 radical (unpaired) electrons. The fraction of sp³-hybridized carbons (Fsp3) is 0.400. The molecule has 1 aliphatic heterocycles. The molecule has 0 saturated carbocycles. The number of carboxylic acids is 1. The number of aromatic nitrogens is 1. The zero-order valence-corrected chi connectivity index (χ0v) is 13.3. The molecule has 1 unspecified atom stereocenters. The van der Waals surface area contributed by atoms with Crippen LogP contribution in [0.15, 0.2) is 21.9 Å². The number of oxazole rings is 1. The summed E-state index contributed by atoms with van der Waals surface area (Å²) in [6.07, 6.45) is 0.0183. The Labute approximate surface area is 136 Å². The monoisotopic (exact) mass is 336 g/mol. The van der Waals surface area contributed by atoms with E-state index in [2.05, 4.69) is 4.98 Å². The third-order valence-corrected chi connectivity index (χ3v) is 4.54. The molecule has 23 heavy (non-hydrogen) atoms. The lowest BCUT2D eigenvalue weighted by Crippen LogP contribution is -2.53. The highest BCUT2D eigenvalue weighted by atomic mass is 32.1. The maximum absolute atomic E-state index is 12.5. The quantitative estimate of drug-likeness (QED) is 0.911. The lowest BCUT2D eigenvalue weighted by atomic mass is 10.2. The van der Waals surface area contributed by atoms with E-state index in [9.17, 15) is 14.7 Å². The van der Waals surface area contributed by atoms with E-state index in [1.165, 1.54) is 16.2 Å². The molecule has 1 fully saturated rings. The van der Waals surface area contributed by atoms with Gasteiger partial charge < -0.3 is 19.2 Å². The number of amides is 1. The van der Waals surface area contributed by atoms with Crippen molar-refractivity contribution >= 4 is 23.2 Å². The van der Waals surface area contributed by atoms with Gasteiger partial charge in [-0.15, -0.1) is 11.3 Å². The average Bonchev–Trinajstić information content (AvgIpc) is 3.17. The van der Waals surface area contributed by atoms with Crippen LogP contribution in [0.4, 0.5) is 0 Å². The maximum Gasteiger partial charge on any atom is 0.328 e. The van der Waals surface area contributed by atoms with E-state index >= 15 is 0 Å². The first-order valence-corrected chi connectivity index (χ1v) is 8.04. The molecule has 0 spiro atoms. The summed E-state index contributed by atoms with van der Waals surface area (Å²) in [7, 11) is 0. The minimum atomic E-state index is -1.06. The standard InChI is InChI=1S/C15H16N2O5S/c1-9-10(16-14(22-9)12-3-2-6-23-12)7-13(18)17-4-5-21-8-11(17)15(19)20/h2-3,6,11H,4-5,7-8H2,1H3,(H,19,20). The third-order valence-electron chi connectivity index (χ3n) is 3.68. The highest BCUT2D eigenvalue weighted by molar-refractivity contribution is 7.13. The molecule has 3 rings (SSSR count). The highest BCUT2D eigenvalue weighted by Crippen LogP contribution is 2.26. The van der Waals surface area contributed by atoms with Crippen molar-refractivity contribution < 1.29 is 23.8 Å². The number of hydrogen-bond donors (Lipinski definition) is 1. The van der Waals surface area contributed by atoms with E-state index in [1.54, 1.807) is 6.92 Å². The molecule has 1 atom stereocenters. The first kappa shape index (κ1) is 15.7. The van der Waals surface area contributed by atoms with Crippen molar-refractivity contribution in [2.75, 3.05) is 19.8 Å². The van der Waals surface area contributed by atoms with Gasteiger partial charge in [-0.2, -0.15) is 0 Å². The molecule has 0 aliphatic carbocycles. The van der Waals surface area contributed by atoms with Crippen molar-refractivity contribution in [1.29, 1.82) is 0 Å². The topological polar surface area (TPSA) is 92.9 Å². The molecule has 122 valence electrons. The second-order valence-corrected chi connectivity index (χ2v) is 6.14. The van der Waals surface area contributed by atoms with Gasteiger partial charge in [-0.3, -0.25) is 4.79 Å². The third kappa shape index (κ3) is 3.27. The fourth-order valence-corrected chi connectivity index (χ4v) is 3.10. The van der Waals surface area contributed by atoms with Crippen molar-refractivity contribution in [2.45, 2.75) is 19.4 Å². The summed E-state index contributed by atoms with van der Waals surface area (Å²) in [5, 5.41) is 11.1. The number of carboxylic acid groups (broad SMARTS) is 1. The number of carbonyl (C=O) groups excluding carboxylic acids is 1. The van der Waals surface area contributed by atoms with Crippen LogP contribution >= 0.6 is 11.3 Å². The Balaban J connectivity index is 1.76. The van der Waals surface area contributed by atoms with Crippen molar-refractivity contribution in [3.05, 3.63) is 29.0 Å². The summed E-state index contributed by atoms with van der Waals surface area (Å²) in [6, 6.07) is 2.85. The van der Waals surface area contributed by atoms with Gasteiger partial charge in [-0.05, 0) is 18.4 Å². The van der Waals surface area contributed by atoms with Gasteiger partial charge in [0.2, 0.25) is 11.8 Å². The van der Waals surface area contributed by atoms with Crippen LogP contribution in [0.3, 0.4) is 0 Å². The van der Waals surface area contributed by atoms with Crippen molar-refractivity contribution in [3.8, 4) is 10.8 Å².